The number of aromatic nitrogens is 1. The molecule has 1 heterocycles. The standard InChI is InChI=1S/C10H7NO4/c1-14-10(13)9(12)6-2-3-7-8(4-6)15-5-11-7/h2-5H,1H3. The van der Waals surface area contributed by atoms with Crippen molar-refractivity contribution in [1.29, 1.82) is 0 Å². The highest BCUT2D eigenvalue weighted by Gasteiger charge is 2.17. The van der Waals surface area contributed by atoms with Crippen molar-refractivity contribution < 1.29 is 18.7 Å². The van der Waals surface area contributed by atoms with Crippen LogP contribution in [0.5, 0.6) is 0 Å². The maximum atomic E-state index is 11.4. The number of carbonyl (C=O) groups excluding carboxylic acids is 2. The van der Waals surface area contributed by atoms with Gasteiger partial charge in [0.05, 0.1) is 7.11 Å². The van der Waals surface area contributed by atoms with Gasteiger partial charge in [-0.3, -0.25) is 4.79 Å². The average molecular weight is 205 g/mol. The van der Waals surface area contributed by atoms with Crippen molar-refractivity contribution in [2.75, 3.05) is 7.11 Å². The number of hydrogen-bond donors (Lipinski definition) is 0. The second-order valence-electron chi connectivity index (χ2n) is 2.86. The van der Waals surface area contributed by atoms with Gasteiger partial charge in [-0.15, -0.1) is 0 Å². The zero-order valence-electron chi connectivity index (χ0n) is 7.89. The summed E-state index contributed by atoms with van der Waals surface area (Å²) in [4.78, 5) is 26.3. The van der Waals surface area contributed by atoms with Crippen LogP contribution in [0.3, 0.4) is 0 Å². The lowest BCUT2D eigenvalue weighted by atomic mass is 10.1. The van der Waals surface area contributed by atoms with Crippen LogP contribution in [-0.2, 0) is 9.53 Å². The molecule has 0 amide bonds. The first-order chi connectivity index (χ1) is 7.22. The van der Waals surface area contributed by atoms with Crippen LogP contribution in [0.25, 0.3) is 11.1 Å². The van der Waals surface area contributed by atoms with Gasteiger partial charge in [0.15, 0.2) is 12.0 Å². The molecule has 0 aliphatic rings. The topological polar surface area (TPSA) is 69.4 Å². The molecule has 0 radical (unpaired) electrons. The van der Waals surface area contributed by atoms with Crippen molar-refractivity contribution in [1.82, 2.24) is 4.98 Å². The number of methoxy groups -OCH3 is 1. The molecular formula is C10H7NO4. The minimum absolute atomic E-state index is 0.228. The molecule has 0 bridgehead atoms. The van der Waals surface area contributed by atoms with E-state index in [1.54, 1.807) is 6.07 Å². The number of Topliss-reactive ketones (excluding diaryl/α,β-unsaturated/α-hetero) is 1. The smallest absolute Gasteiger partial charge is 0.379 e. The van der Waals surface area contributed by atoms with Crippen molar-refractivity contribution >= 4 is 22.9 Å². The first-order valence-corrected chi connectivity index (χ1v) is 4.18. The van der Waals surface area contributed by atoms with Gasteiger partial charge in [0, 0.05) is 5.56 Å². The molecule has 15 heavy (non-hydrogen) atoms. The lowest BCUT2D eigenvalue weighted by Crippen LogP contribution is -2.15. The summed E-state index contributed by atoms with van der Waals surface area (Å²) in [6, 6.07) is 4.57. The quantitative estimate of drug-likeness (QED) is 0.418. The highest BCUT2D eigenvalue weighted by molar-refractivity contribution is 6.40. The molecule has 2 rings (SSSR count). The molecule has 0 N–H and O–H groups in total. The number of nitrogens with zero attached hydrogens (tertiary/aromatic N) is 1. The van der Waals surface area contributed by atoms with E-state index < -0.39 is 11.8 Å². The van der Waals surface area contributed by atoms with Crippen LogP contribution in [0.4, 0.5) is 0 Å². The average Bonchev–Trinajstić information content (AvgIpc) is 2.73. The number of ether oxygens (including phenoxy) is 1. The SMILES string of the molecule is COC(=O)C(=O)c1ccc2ncoc2c1. The number of esters is 1. The third kappa shape index (κ3) is 1.59. The number of ketones is 1. The number of hydrogen-bond acceptors (Lipinski definition) is 5. The van der Waals surface area contributed by atoms with E-state index in [1.165, 1.54) is 18.5 Å². The minimum atomic E-state index is -0.895. The van der Waals surface area contributed by atoms with Gasteiger partial charge in [-0.25, -0.2) is 9.78 Å². The van der Waals surface area contributed by atoms with Crippen LogP contribution >= 0.6 is 0 Å². The summed E-state index contributed by atoms with van der Waals surface area (Å²) in [6.45, 7) is 0. The van der Waals surface area contributed by atoms with E-state index in [-0.39, 0.29) is 5.56 Å². The van der Waals surface area contributed by atoms with Gasteiger partial charge in [0.25, 0.3) is 5.78 Å². The molecule has 76 valence electrons. The molecule has 5 heteroatoms. The highest BCUT2D eigenvalue weighted by Crippen LogP contribution is 2.14. The molecule has 0 spiro atoms. The van der Waals surface area contributed by atoms with Crippen LogP contribution in [0.15, 0.2) is 29.0 Å². The Morgan fingerprint density at radius 1 is 1.40 bits per heavy atom. The van der Waals surface area contributed by atoms with Gasteiger partial charge in [-0.2, -0.15) is 0 Å². The molecule has 0 aliphatic carbocycles. The fraction of sp³-hybridized carbons (Fsp3) is 0.100. The van der Waals surface area contributed by atoms with Crippen molar-refractivity contribution in [3.8, 4) is 0 Å². The molecule has 1 aromatic carbocycles. The highest BCUT2D eigenvalue weighted by atomic mass is 16.5. The Balaban J connectivity index is 2.44. The van der Waals surface area contributed by atoms with Crippen LogP contribution in [-0.4, -0.2) is 23.8 Å². The van der Waals surface area contributed by atoms with E-state index in [0.29, 0.717) is 11.1 Å². The summed E-state index contributed by atoms with van der Waals surface area (Å²) in [6.07, 6.45) is 1.27. The van der Waals surface area contributed by atoms with E-state index in [1.807, 2.05) is 0 Å². The maximum absolute atomic E-state index is 11.4. The Morgan fingerprint density at radius 3 is 2.93 bits per heavy atom. The third-order valence-electron chi connectivity index (χ3n) is 1.96. The van der Waals surface area contributed by atoms with Gasteiger partial charge >= 0.3 is 5.97 Å². The Bertz CT molecular complexity index is 529. The Morgan fingerprint density at radius 2 is 2.20 bits per heavy atom. The Labute approximate surface area is 84.7 Å². The molecule has 1 aromatic heterocycles. The molecule has 0 aliphatic heterocycles. The number of benzene rings is 1. The first-order valence-electron chi connectivity index (χ1n) is 4.18. The molecule has 2 aromatic rings. The van der Waals surface area contributed by atoms with Gasteiger partial charge in [0.1, 0.15) is 5.52 Å². The lowest BCUT2D eigenvalue weighted by Gasteiger charge is -1.97. The Hall–Kier alpha value is -2.17. The number of fused-ring (bicyclic) bond motifs is 1. The van der Waals surface area contributed by atoms with Gasteiger partial charge < -0.3 is 9.15 Å². The Kier molecular flexibility index (Phi) is 2.21. The second kappa shape index (κ2) is 3.53. The number of oxazole rings is 1. The molecule has 0 saturated carbocycles. The summed E-state index contributed by atoms with van der Waals surface area (Å²) in [5.41, 5.74) is 1.33. The van der Waals surface area contributed by atoms with Crippen LogP contribution in [0, 0.1) is 0 Å². The molecule has 0 atom stereocenters. The number of rotatable bonds is 2. The summed E-state index contributed by atoms with van der Waals surface area (Å²) < 4.78 is 9.33. The number of carbonyl (C=O) groups is 2. The lowest BCUT2D eigenvalue weighted by molar-refractivity contribution is -0.135. The van der Waals surface area contributed by atoms with E-state index in [4.69, 9.17) is 4.42 Å². The summed E-state index contributed by atoms with van der Waals surface area (Å²) in [5, 5.41) is 0. The molecule has 0 unspecified atom stereocenters. The van der Waals surface area contributed by atoms with E-state index >= 15 is 0 Å². The summed E-state index contributed by atoms with van der Waals surface area (Å²) in [5.74, 6) is -1.59. The van der Waals surface area contributed by atoms with Crippen molar-refractivity contribution in [3.63, 3.8) is 0 Å². The summed E-state index contributed by atoms with van der Waals surface area (Å²) in [7, 11) is 1.16. The monoisotopic (exact) mass is 205 g/mol. The minimum Gasteiger partial charge on any atom is -0.463 e. The van der Waals surface area contributed by atoms with Gasteiger partial charge in [0.2, 0.25) is 0 Å². The predicted molar refractivity (Wildman–Crippen MR) is 50.4 cm³/mol. The molecule has 0 saturated heterocycles. The first kappa shape index (κ1) is 9.39. The fourth-order valence-electron chi connectivity index (χ4n) is 1.21. The van der Waals surface area contributed by atoms with Crippen LogP contribution < -0.4 is 0 Å². The third-order valence-corrected chi connectivity index (χ3v) is 1.96. The second-order valence-corrected chi connectivity index (χ2v) is 2.86. The summed E-state index contributed by atoms with van der Waals surface area (Å²) >= 11 is 0. The molecular weight excluding hydrogens is 198 g/mol. The van der Waals surface area contributed by atoms with E-state index in [9.17, 15) is 9.59 Å². The van der Waals surface area contributed by atoms with Gasteiger partial charge in [-0.1, -0.05) is 0 Å². The van der Waals surface area contributed by atoms with Crippen molar-refractivity contribution in [2.24, 2.45) is 0 Å². The van der Waals surface area contributed by atoms with Gasteiger partial charge in [-0.05, 0) is 18.2 Å². The van der Waals surface area contributed by atoms with E-state index in [2.05, 4.69) is 9.72 Å². The largest absolute Gasteiger partial charge is 0.463 e. The maximum Gasteiger partial charge on any atom is 0.379 e. The van der Waals surface area contributed by atoms with Crippen molar-refractivity contribution in [3.05, 3.63) is 30.2 Å². The molecule has 0 fully saturated rings. The van der Waals surface area contributed by atoms with Crippen LogP contribution in [0.1, 0.15) is 10.4 Å². The predicted octanol–water partition coefficient (Wildman–Crippen LogP) is 1.18. The fourth-order valence-corrected chi connectivity index (χ4v) is 1.21. The van der Waals surface area contributed by atoms with Crippen LogP contribution in [0.2, 0.25) is 0 Å². The molecule has 5 nitrogen and oxygen atoms in total. The normalized spacial score (nSPS) is 10.2. The van der Waals surface area contributed by atoms with Crippen molar-refractivity contribution in [2.45, 2.75) is 0 Å². The van der Waals surface area contributed by atoms with E-state index in [0.717, 1.165) is 7.11 Å². The zero-order valence-corrected chi connectivity index (χ0v) is 7.89. The zero-order chi connectivity index (χ0) is 10.8.